The predicted molar refractivity (Wildman–Crippen MR) is 89.3 cm³/mol. The van der Waals surface area contributed by atoms with E-state index in [9.17, 15) is 4.79 Å². The summed E-state index contributed by atoms with van der Waals surface area (Å²) in [7, 11) is 1.99. The van der Waals surface area contributed by atoms with E-state index in [2.05, 4.69) is 11.9 Å². The molecule has 1 aliphatic rings. The quantitative estimate of drug-likeness (QED) is 0.787. The third-order valence-electron chi connectivity index (χ3n) is 4.17. The molecule has 0 unspecified atom stereocenters. The highest BCUT2D eigenvalue weighted by atomic mass is 16.5. The number of hydrogen-bond acceptors (Lipinski definition) is 3. The van der Waals surface area contributed by atoms with E-state index < -0.39 is 0 Å². The van der Waals surface area contributed by atoms with Gasteiger partial charge in [0.25, 0.3) is 5.91 Å². The number of benzene rings is 1. The molecule has 1 heterocycles. The molecule has 1 aromatic carbocycles. The molecule has 1 aromatic rings. The van der Waals surface area contributed by atoms with Crippen LogP contribution in [-0.4, -0.2) is 44.1 Å². The Kier molecular flexibility index (Phi) is 6.46. The summed E-state index contributed by atoms with van der Waals surface area (Å²) < 4.78 is 5.44. The van der Waals surface area contributed by atoms with Gasteiger partial charge in [0.1, 0.15) is 12.4 Å². The average molecular weight is 302 g/mol. The van der Waals surface area contributed by atoms with E-state index in [0.717, 1.165) is 49.7 Å². The monoisotopic (exact) mass is 302 g/mol. The molecule has 0 saturated carbocycles. The van der Waals surface area contributed by atoms with Gasteiger partial charge in [0, 0.05) is 18.7 Å². The van der Waals surface area contributed by atoms with Crippen LogP contribution < -0.4 is 10.1 Å². The Bertz CT molecular complexity index is 476. The molecule has 0 aliphatic carbocycles. The Balaban J connectivity index is 1.85. The summed E-state index contributed by atoms with van der Waals surface area (Å²) in [5.41, 5.74) is 0.736. The molecule has 0 aromatic heterocycles. The molecule has 0 atom stereocenters. The Morgan fingerprint density at radius 3 is 2.64 bits per heavy atom. The molecule has 2 rings (SSSR count). The van der Waals surface area contributed by atoms with Crippen molar-refractivity contribution in [3.63, 3.8) is 0 Å². The van der Waals surface area contributed by atoms with E-state index in [0.29, 0.717) is 6.61 Å². The lowest BCUT2D eigenvalue weighted by atomic mass is 9.93. The number of nitrogens with one attached hydrogen (secondary N) is 1. The number of nitrogens with zero attached hydrogens (tertiary/aromatic N) is 1. The van der Waals surface area contributed by atoms with Crippen molar-refractivity contribution in [3.8, 4) is 5.75 Å². The minimum Gasteiger partial charge on any atom is -0.490 e. The lowest BCUT2D eigenvalue weighted by Gasteiger charge is -2.32. The first-order valence-corrected chi connectivity index (χ1v) is 8.02. The normalized spacial score (nSPS) is 15.6. The summed E-state index contributed by atoms with van der Waals surface area (Å²) >= 11 is 0. The first kappa shape index (κ1) is 16.6. The smallest absolute Gasteiger partial charge is 0.253 e. The number of amides is 1. The second-order valence-electron chi connectivity index (χ2n) is 5.75. The molecule has 0 radical (unpaired) electrons. The third kappa shape index (κ3) is 4.60. The molecule has 1 aliphatic heterocycles. The summed E-state index contributed by atoms with van der Waals surface area (Å²) in [6, 6.07) is 7.37. The molecule has 1 fully saturated rings. The molecule has 1 N–H and O–H groups in total. The zero-order valence-electron chi connectivity index (χ0n) is 13.4. The van der Waals surface area contributed by atoms with Crippen LogP contribution in [0.1, 0.15) is 29.6 Å². The van der Waals surface area contributed by atoms with Crippen molar-refractivity contribution in [1.82, 2.24) is 10.2 Å². The fourth-order valence-corrected chi connectivity index (χ4v) is 2.80. The van der Waals surface area contributed by atoms with Gasteiger partial charge in [-0.25, -0.2) is 0 Å². The van der Waals surface area contributed by atoms with Gasteiger partial charge in [-0.2, -0.15) is 0 Å². The highest BCUT2D eigenvalue weighted by Crippen LogP contribution is 2.22. The fraction of sp³-hybridized carbons (Fsp3) is 0.500. The van der Waals surface area contributed by atoms with Crippen molar-refractivity contribution >= 4 is 5.91 Å². The summed E-state index contributed by atoms with van der Waals surface area (Å²) in [5, 5.41) is 3.20. The lowest BCUT2D eigenvalue weighted by molar-refractivity contribution is 0.0687. The average Bonchev–Trinajstić information content (AvgIpc) is 2.58. The van der Waals surface area contributed by atoms with Gasteiger partial charge < -0.3 is 15.0 Å². The Morgan fingerprint density at radius 1 is 1.36 bits per heavy atom. The third-order valence-corrected chi connectivity index (χ3v) is 4.17. The van der Waals surface area contributed by atoms with Gasteiger partial charge in [0.2, 0.25) is 0 Å². The van der Waals surface area contributed by atoms with Crippen molar-refractivity contribution in [2.45, 2.75) is 19.3 Å². The first-order chi connectivity index (χ1) is 10.7. The topological polar surface area (TPSA) is 41.6 Å². The summed E-state index contributed by atoms with van der Waals surface area (Å²) in [4.78, 5) is 14.5. The number of carbonyl (C=O) groups is 1. The van der Waals surface area contributed by atoms with E-state index in [1.165, 1.54) is 6.42 Å². The standard InChI is InChI=1S/C18H26N2O2/c1-3-14-22-17-6-4-16(5-7-17)18(21)20-12-9-15(10-13-20)8-11-19-2/h3-7,15,19H,1,8-14H2,2H3. The highest BCUT2D eigenvalue weighted by molar-refractivity contribution is 5.94. The van der Waals surface area contributed by atoms with Crippen molar-refractivity contribution in [3.05, 3.63) is 42.5 Å². The van der Waals surface area contributed by atoms with Gasteiger partial charge in [-0.1, -0.05) is 12.7 Å². The predicted octanol–water partition coefficient (Wildman–Crippen LogP) is 2.71. The number of likely N-dealkylation sites (tertiary alicyclic amines) is 1. The van der Waals surface area contributed by atoms with Crippen molar-refractivity contribution in [1.29, 1.82) is 0 Å². The maximum atomic E-state index is 12.5. The van der Waals surface area contributed by atoms with Gasteiger partial charge in [0.15, 0.2) is 0 Å². The number of piperidine rings is 1. The SMILES string of the molecule is C=CCOc1ccc(C(=O)N2CCC(CCNC)CC2)cc1. The lowest BCUT2D eigenvalue weighted by Crippen LogP contribution is -2.38. The molecular formula is C18H26N2O2. The van der Waals surface area contributed by atoms with Crippen LogP contribution in [0.25, 0.3) is 0 Å². The maximum Gasteiger partial charge on any atom is 0.253 e. The maximum absolute atomic E-state index is 12.5. The Labute approximate surface area is 133 Å². The molecule has 1 saturated heterocycles. The van der Waals surface area contributed by atoms with Crippen molar-refractivity contribution in [2.75, 3.05) is 33.3 Å². The second-order valence-corrected chi connectivity index (χ2v) is 5.75. The molecule has 4 heteroatoms. The number of ether oxygens (including phenoxy) is 1. The zero-order chi connectivity index (χ0) is 15.8. The van der Waals surface area contributed by atoms with Gasteiger partial charge in [0.05, 0.1) is 0 Å². The van der Waals surface area contributed by atoms with Crippen LogP contribution in [0.15, 0.2) is 36.9 Å². The van der Waals surface area contributed by atoms with Crippen LogP contribution >= 0.6 is 0 Å². The van der Waals surface area contributed by atoms with Crippen LogP contribution in [0.2, 0.25) is 0 Å². The Hall–Kier alpha value is -1.81. The van der Waals surface area contributed by atoms with E-state index in [1.807, 2.05) is 36.2 Å². The Morgan fingerprint density at radius 2 is 2.05 bits per heavy atom. The van der Waals surface area contributed by atoms with Gasteiger partial charge in [-0.3, -0.25) is 4.79 Å². The van der Waals surface area contributed by atoms with Crippen LogP contribution in [0.3, 0.4) is 0 Å². The van der Waals surface area contributed by atoms with E-state index in [4.69, 9.17) is 4.74 Å². The van der Waals surface area contributed by atoms with Crippen LogP contribution in [0, 0.1) is 5.92 Å². The summed E-state index contributed by atoms with van der Waals surface area (Å²) in [5.74, 6) is 1.63. The second kappa shape index (κ2) is 8.59. The fourth-order valence-electron chi connectivity index (χ4n) is 2.80. The molecule has 1 amide bonds. The zero-order valence-corrected chi connectivity index (χ0v) is 13.4. The highest BCUT2D eigenvalue weighted by Gasteiger charge is 2.23. The van der Waals surface area contributed by atoms with Gasteiger partial charge in [-0.15, -0.1) is 0 Å². The number of rotatable bonds is 7. The van der Waals surface area contributed by atoms with E-state index in [1.54, 1.807) is 6.08 Å². The largest absolute Gasteiger partial charge is 0.490 e. The summed E-state index contributed by atoms with van der Waals surface area (Å²) in [6.45, 7) is 6.88. The minimum atomic E-state index is 0.127. The van der Waals surface area contributed by atoms with E-state index in [-0.39, 0.29) is 5.91 Å². The van der Waals surface area contributed by atoms with Crippen LogP contribution in [0.4, 0.5) is 0 Å². The molecular weight excluding hydrogens is 276 g/mol. The van der Waals surface area contributed by atoms with E-state index >= 15 is 0 Å². The van der Waals surface area contributed by atoms with Gasteiger partial charge in [-0.05, 0) is 63.0 Å². The molecule has 0 spiro atoms. The van der Waals surface area contributed by atoms with Crippen molar-refractivity contribution < 1.29 is 9.53 Å². The van der Waals surface area contributed by atoms with Gasteiger partial charge >= 0.3 is 0 Å². The van der Waals surface area contributed by atoms with Crippen molar-refractivity contribution in [2.24, 2.45) is 5.92 Å². The minimum absolute atomic E-state index is 0.127. The molecule has 120 valence electrons. The first-order valence-electron chi connectivity index (χ1n) is 8.02. The number of carbonyl (C=O) groups excluding carboxylic acids is 1. The van der Waals surface area contributed by atoms with Crippen LogP contribution in [0.5, 0.6) is 5.75 Å². The van der Waals surface area contributed by atoms with Crippen LogP contribution in [-0.2, 0) is 0 Å². The number of hydrogen-bond donors (Lipinski definition) is 1. The molecule has 22 heavy (non-hydrogen) atoms. The summed E-state index contributed by atoms with van der Waals surface area (Å²) in [6.07, 6.45) is 5.12. The molecule has 4 nitrogen and oxygen atoms in total. The molecule has 0 bridgehead atoms.